The quantitative estimate of drug-likeness (QED) is 0.451. The Morgan fingerprint density at radius 2 is 1.67 bits per heavy atom. The van der Waals surface area contributed by atoms with E-state index in [1.54, 1.807) is 30.3 Å². The van der Waals surface area contributed by atoms with E-state index in [0.29, 0.717) is 22.7 Å². The van der Waals surface area contributed by atoms with Gasteiger partial charge in [-0.1, -0.05) is 72.8 Å². The van der Waals surface area contributed by atoms with Crippen LogP contribution in [0.5, 0.6) is 0 Å². The highest BCUT2D eigenvalue weighted by atomic mass is 35.5. The van der Waals surface area contributed by atoms with E-state index in [1.165, 1.54) is 11.8 Å². The summed E-state index contributed by atoms with van der Waals surface area (Å²) in [5.74, 6) is -0.915. The molecule has 6 nitrogen and oxygen atoms in total. The Kier molecular flexibility index (Phi) is 6.72. The first-order chi connectivity index (χ1) is 15.9. The Labute approximate surface area is 201 Å². The second kappa shape index (κ2) is 9.68. The zero-order valence-electron chi connectivity index (χ0n) is 17.9. The number of nitrogens with one attached hydrogen (secondary N) is 2. The number of hydrogen-bond acceptors (Lipinski definition) is 4. The van der Waals surface area contributed by atoms with Crippen LogP contribution in [0, 0.1) is 0 Å². The molecule has 0 aliphatic carbocycles. The van der Waals surface area contributed by atoms with Gasteiger partial charge >= 0.3 is 6.03 Å². The summed E-state index contributed by atoms with van der Waals surface area (Å²) in [7, 11) is 0. The molecule has 168 valence electrons. The largest absolute Gasteiger partial charge is 0.325 e. The number of hydrogen-bond donors (Lipinski definition) is 2. The molecule has 33 heavy (non-hydrogen) atoms. The number of nitrogens with zero attached hydrogens (tertiary/aromatic N) is 1. The number of rotatable bonds is 7. The zero-order chi connectivity index (χ0) is 23.4. The summed E-state index contributed by atoms with van der Waals surface area (Å²) in [4.78, 5) is 41.6. The normalized spacial score (nSPS) is 17.7. The monoisotopic (exact) mass is 479 g/mol. The molecule has 1 saturated heterocycles. The van der Waals surface area contributed by atoms with Gasteiger partial charge in [-0.05, 0) is 48.4 Å². The predicted octanol–water partition coefficient (Wildman–Crippen LogP) is 5.29. The molecule has 2 N–H and O–H groups in total. The van der Waals surface area contributed by atoms with Crippen molar-refractivity contribution in [2.75, 3.05) is 11.9 Å². The van der Waals surface area contributed by atoms with Crippen molar-refractivity contribution in [3.8, 4) is 0 Å². The zero-order valence-corrected chi connectivity index (χ0v) is 19.5. The van der Waals surface area contributed by atoms with Gasteiger partial charge in [0.25, 0.3) is 5.91 Å². The molecule has 4 amide bonds. The SMILES string of the molecule is CCC1(c2ccc(Cl)cc2)NC(=O)N(CC(=O)Nc2ccccc2Sc2ccccc2)C1=O. The maximum atomic E-state index is 13.3. The summed E-state index contributed by atoms with van der Waals surface area (Å²) >= 11 is 7.49. The lowest BCUT2D eigenvalue weighted by Gasteiger charge is -2.25. The number of imide groups is 1. The van der Waals surface area contributed by atoms with Crippen LogP contribution in [-0.4, -0.2) is 29.3 Å². The van der Waals surface area contributed by atoms with Gasteiger partial charge in [0.15, 0.2) is 0 Å². The lowest BCUT2D eigenvalue weighted by Crippen LogP contribution is -2.44. The van der Waals surface area contributed by atoms with Crippen LogP contribution in [0.3, 0.4) is 0 Å². The highest BCUT2D eigenvalue weighted by Gasteiger charge is 2.51. The second-order valence-electron chi connectivity index (χ2n) is 7.55. The third-order valence-electron chi connectivity index (χ3n) is 5.48. The van der Waals surface area contributed by atoms with E-state index in [4.69, 9.17) is 11.6 Å². The van der Waals surface area contributed by atoms with Crippen molar-refractivity contribution >= 4 is 46.9 Å². The summed E-state index contributed by atoms with van der Waals surface area (Å²) < 4.78 is 0. The van der Waals surface area contributed by atoms with Crippen LogP contribution >= 0.6 is 23.4 Å². The van der Waals surface area contributed by atoms with Crippen molar-refractivity contribution in [2.24, 2.45) is 0 Å². The molecule has 0 spiro atoms. The Morgan fingerprint density at radius 3 is 2.36 bits per heavy atom. The van der Waals surface area contributed by atoms with Crippen molar-refractivity contribution in [1.29, 1.82) is 0 Å². The van der Waals surface area contributed by atoms with Gasteiger partial charge in [0.2, 0.25) is 5.91 Å². The topological polar surface area (TPSA) is 78.5 Å². The highest BCUT2D eigenvalue weighted by molar-refractivity contribution is 7.99. The third kappa shape index (κ3) is 4.74. The molecule has 0 saturated carbocycles. The molecule has 1 aliphatic rings. The van der Waals surface area contributed by atoms with Gasteiger partial charge in [-0.25, -0.2) is 4.79 Å². The third-order valence-corrected chi connectivity index (χ3v) is 6.81. The first kappa shape index (κ1) is 22.9. The molecule has 8 heteroatoms. The molecule has 1 fully saturated rings. The van der Waals surface area contributed by atoms with Crippen LogP contribution in [-0.2, 0) is 15.1 Å². The van der Waals surface area contributed by atoms with Gasteiger partial charge in [0, 0.05) is 14.8 Å². The molecule has 0 radical (unpaired) electrons. The molecule has 3 aromatic carbocycles. The Balaban J connectivity index is 1.50. The van der Waals surface area contributed by atoms with E-state index in [2.05, 4.69) is 10.6 Å². The molecule has 0 aromatic heterocycles. The summed E-state index contributed by atoms with van der Waals surface area (Å²) in [5.41, 5.74) is 0.0198. The van der Waals surface area contributed by atoms with Crippen LogP contribution in [0.2, 0.25) is 5.02 Å². The minimum Gasteiger partial charge on any atom is -0.323 e. The van der Waals surface area contributed by atoms with Crippen molar-refractivity contribution in [2.45, 2.75) is 28.7 Å². The molecule has 3 aromatic rings. The van der Waals surface area contributed by atoms with E-state index in [0.717, 1.165) is 14.7 Å². The fourth-order valence-electron chi connectivity index (χ4n) is 3.75. The van der Waals surface area contributed by atoms with E-state index in [-0.39, 0.29) is 6.54 Å². The summed E-state index contributed by atoms with van der Waals surface area (Å²) in [6, 6.07) is 23.4. The lowest BCUT2D eigenvalue weighted by atomic mass is 9.87. The minimum absolute atomic E-state index is 0.341. The lowest BCUT2D eigenvalue weighted by molar-refractivity contribution is -0.134. The maximum Gasteiger partial charge on any atom is 0.325 e. The van der Waals surface area contributed by atoms with Crippen molar-refractivity contribution < 1.29 is 14.4 Å². The van der Waals surface area contributed by atoms with E-state index < -0.39 is 23.4 Å². The number of carbonyl (C=O) groups excluding carboxylic acids is 3. The number of carbonyl (C=O) groups is 3. The van der Waals surface area contributed by atoms with Crippen LogP contribution in [0.25, 0.3) is 0 Å². The number of urea groups is 1. The van der Waals surface area contributed by atoms with Crippen LogP contribution < -0.4 is 10.6 Å². The van der Waals surface area contributed by atoms with Crippen molar-refractivity contribution in [3.05, 3.63) is 89.4 Å². The first-order valence-corrected chi connectivity index (χ1v) is 11.6. The van der Waals surface area contributed by atoms with Gasteiger partial charge in [-0.15, -0.1) is 0 Å². The standard InChI is InChI=1S/C25H22ClN3O3S/c1-2-25(17-12-14-18(26)15-13-17)23(31)29(24(32)28-25)16-22(30)27-20-10-6-7-11-21(20)33-19-8-4-3-5-9-19/h3-15H,2,16H2,1H3,(H,27,30)(H,28,32). The smallest absolute Gasteiger partial charge is 0.323 e. The van der Waals surface area contributed by atoms with Crippen LogP contribution in [0.4, 0.5) is 10.5 Å². The second-order valence-corrected chi connectivity index (χ2v) is 9.10. The number of halogens is 1. The Morgan fingerprint density at radius 1 is 1.00 bits per heavy atom. The van der Waals surface area contributed by atoms with Crippen molar-refractivity contribution in [1.82, 2.24) is 10.2 Å². The fraction of sp³-hybridized carbons (Fsp3) is 0.160. The van der Waals surface area contributed by atoms with E-state index >= 15 is 0 Å². The minimum atomic E-state index is -1.22. The van der Waals surface area contributed by atoms with Gasteiger partial charge in [0.05, 0.1) is 5.69 Å². The molecular formula is C25H22ClN3O3S. The number of amides is 4. The fourth-order valence-corrected chi connectivity index (χ4v) is 4.80. The first-order valence-electron chi connectivity index (χ1n) is 10.4. The van der Waals surface area contributed by atoms with Crippen LogP contribution in [0.1, 0.15) is 18.9 Å². The summed E-state index contributed by atoms with van der Waals surface area (Å²) in [6.45, 7) is 1.43. The van der Waals surface area contributed by atoms with Gasteiger partial charge in [0.1, 0.15) is 12.1 Å². The molecular weight excluding hydrogens is 458 g/mol. The number of benzene rings is 3. The van der Waals surface area contributed by atoms with Gasteiger partial charge in [-0.3, -0.25) is 14.5 Å². The molecule has 1 aliphatic heterocycles. The molecule has 1 heterocycles. The molecule has 0 bridgehead atoms. The molecule has 1 atom stereocenters. The Hall–Kier alpha value is -3.29. The van der Waals surface area contributed by atoms with Crippen molar-refractivity contribution in [3.63, 3.8) is 0 Å². The summed E-state index contributed by atoms with van der Waals surface area (Å²) in [5, 5.41) is 6.15. The number of anilines is 1. The van der Waals surface area contributed by atoms with Gasteiger partial charge in [-0.2, -0.15) is 0 Å². The highest BCUT2D eigenvalue weighted by Crippen LogP contribution is 2.34. The predicted molar refractivity (Wildman–Crippen MR) is 129 cm³/mol. The molecule has 4 rings (SSSR count). The Bertz CT molecular complexity index is 1190. The van der Waals surface area contributed by atoms with E-state index in [1.807, 2.05) is 55.5 Å². The maximum absolute atomic E-state index is 13.3. The van der Waals surface area contributed by atoms with E-state index in [9.17, 15) is 14.4 Å². The summed E-state index contributed by atoms with van der Waals surface area (Å²) in [6.07, 6.45) is 0.341. The average Bonchev–Trinajstić information content (AvgIpc) is 3.06. The van der Waals surface area contributed by atoms with Gasteiger partial charge < -0.3 is 10.6 Å². The average molecular weight is 480 g/mol. The van der Waals surface area contributed by atoms with Crippen LogP contribution in [0.15, 0.2) is 88.7 Å². The number of para-hydroxylation sites is 1. The molecule has 1 unspecified atom stereocenters.